The molecule has 3 aliphatic rings. The first-order chi connectivity index (χ1) is 17.3. The maximum atomic E-state index is 5.64. The van der Waals surface area contributed by atoms with Crippen LogP contribution in [0.4, 0.5) is 0 Å². The molecule has 3 heterocycles. The van der Waals surface area contributed by atoms with Crippen LogP contribution in [-0.2, 0) is 0 Å². The molecule has 0 unspecified atom stereocenters. The van der Waals surface area contributed by atoms with E-state index in [1.807, 2.05) is 0 Å². The summed E-state index contributed by atoms with van der Waals surface area (Å²) in [6.07, 6.45) is 4.84. The Balaban J connectivity index is 1.10. The van der Waals surface area contributed by atoms with Gasteiger partial charge in [-0.1, -0.05) is 0 Å². The van der Waals surface area contributed by atoms with E-state index in [1.54, 1.807) is 0 Å². The number of rotatable bonds is 17. The standard InChI is InChI=1S/C26H57N9/c27-5-1-9-30-15-19-32(20-16-30)11-3-7-29-8-14-35-25-23-34(24-26-35)13-4-12-33-21-17-31(18-22-33)10-2-6-28/h29H,1-28H2. The van der Waals surface area contributed by atoms with Gasteiger partial charge in [0.2, 0.25) is 0 Å². The Morgan fingerprint density at radius 3 is 1.06 bits per heavy atom. The molecule has 0 spiro atoms. The molecule has 0 aromatic rings. The molecule has 3 saturated heterocycles. The fraction of sp³-hybridized carbons (Fsp3) is 1.00. The predicted molar refractivity (Wildman–Crippen MR) is 148 cm³/mol. The van der Waals surface area contributed by atoms with Crippen LogP contribution in [-0.4, -0.2) is 173 Å². The fourth-order valence-corrected chi connectivity index (χ4v) is 5.65. The van der Waals surface area contributed by atoms with Crippen LogP contribution in [0.3, 0.4) is 0 Å². The minimum atomic E-state index is 0.816. The average Bonchev–Trinajstić information content (AvgIpc) is 2.90. The van der Waals surface area contributed by atoms with Gasteiger partial charge in [0.05, 0.1) is 0 Å². The van der Waals surface area contributed by atoms with Crippen molar-refractivity contribution < 1.29 is 0 Å². The van der Waals surface area contributed by atoms with Crippen molar-refractivity contribution in [3.05, 3.63) is 0 Å². The highest BCUT2D eigenvalue weighted by molar-refractivity contribution is 4.76. The van der Waals surface area contributed by atoms with E-state index in [0.29, 0.717) is 0 Å². The van der Waals surface area contributed by atoms with Crippen molar-refractivity contribution in [3.8, 4) is 0 Å². The SMILES string of the molecule is NCCCN1CCN(CCCNCCN2CCN(CCCN3CCN(CCCN)CC3)CC2)CC1. The second-order valence-corrected chi connectivity index (χ2v) is 10.8. The van der Waals surface area contributed by atoms with Gasteiger partial charge in [-0.15, -0.1) is 0 Å². The number of nitrogens with one attached hydrogen (secondary N) is 1. The molecular weight excluding hydrogens is 438 g/mol. The molecule has 0 aliphatic carbocycles. The van der Waals surface area contributed by atoms with Crippen molar-refractivity contribution in [2.75, 3.05) is 144 Å². The lowest BCUT2D eigenvalue weighted by atomic mass is 10.2. The smallest absolute Gasteiger partial charge is 0.0110 e. The summed E-state index contributed by atoms with van der Waals surface area (Å²) in [6, 6.07) is 0. The molecule has 35 heavy (non-hydrogen) atoms. The summed E-state index contributed by atoms with van der Waals surface area (Å²) in [6.45, 7) is 26.0. The first-order valence-electron chi connectivity index (χ1n) is 14.7. The molecule has 3 rings (SSSR count). The van der Waals surface area contributed by atoms with E-state index in [-0.39, 0.29) is 0 Å². The number of hydrogen-bond donors (Lipinski definition) is 3. The monoisotopic (exact) mass is 495 g/mol. The largest absolute Gasteiger partial charge is 0.330 e. The summed E-state index contributed by atoms with van der Waals surface area (Å²) in [7, 11) is 0. The molecule has 0 aromatic carbocycles. The van der Waals surface area contributed by atoms with Gasteiger partial charge in [0.15, 0.2) is 0 Å². The quantitative estimate of drug-likeness (QED) is 0.218. The van der Waals surface area contributed by atoms with Gasteiger partial charge in [-0.25, -0.2) is 0 Å². The molecule has 206 valence electrons. The minimum Gasteiger partial charge on any atom is -0.330 e. The Bertz CT molecular complexity index is 496. The highest BCUT2D eigenvalue weighted by Crippen LogP contribution is 2.06. The zero-order valence-corrected chi connectivity index (χ0v) is 22.7. The summed E-state index contributed by atoms with van der Waals surface area (Å²) in [5.41, 5.74) is 11.3. The molecule has 9 heteroatoms. The van der Waals surface area contributed by atoms with Crippen LogP contribution in [0, 0.1) is 0 Å². The van der Waals surface area contributed by atoms with Gasteiger partial charge in [0.1, 0.15) is 0 Å². The highest BCUT2D eigenvalue weighted by Gasteiger charge is 2.19. The average molecular weight is 496 g/mol. The third-order valence-electron chi connectivity index (χ3n) is 8.13. The number of hydrogen-bond acceptors (Lipinski definition) is 9. The molecule has 0 amide bonds. The van der Waals surface area contributed by atoms with Gasteiger partial charge in [0, 0.05) is 91.6 Å². The van der Waals surface area contributed by atoms with Crippen LogP contribution in [0.2, 0.25) is 0 Å². The van der Waals surface area contributed by atoms with Crippen LogP contribution in [0.25, 0.3) is 0 Å². The third-order valence-corrected chi connectivity index (χ3v) is 8.13. The maximum absolute atomic E-state index is 5.64. The van der Waals surface area contributed by atoms with Gasteiger partial charge < -0.3 is 41.3 Å². The van der Waals surface area contributed by atoms with Crippen LogP contribution in [0.1, 0.15) is 25.7 Å². The first-order valence-corrected chi connectivity index (χ1v) is 14.7. The lowest BCUT2D eigenvalue weighted by Crippen LogP contribution is -2.49. The van der Waals surface area contributed by atoms with E-state index in [9.17, 15) is 0 Å². The van der Waals surface area contributed by atoms with Gasteiger partial charge in [-0.05, 0) is 78.0 Å². The maximum Gasteiger partial charge on any atom is 0.0110 e. The van der Waals surface area contributed by atoms with Crippen LogP contribution in [0.15, 0.2) is 0 Å². The van der Waals surface area contributed by atoms with Gasteiger partial charge in [-0.2, -0.15) is 0 Å². The van der Waals surface area contributed by atoms with E-state index < -0.39 is 0 Å². The Morgan fingerprint density at radius 2 is 0.686 bits per heavy atom. The Labute approximate surface area is 216 Å². The zero-order valence-electron chi connectivity index (χ0n) is 22.7. The molecule has 3 fully saturated rings. The number of nitrogens with two attached hydrogens (primary N) is 2. The Morgan fingerprint density at radius 1 is 0.371 bits per heavy atom. The third kappa shape index (κ3) is 12.2. The Kier molecular flexibility index (Phi) is 15.0. The van der Waals surface area contributed by atoms with Crippen molar-refractivity contribution in [3.63, 3.8) is 0 Å². The first kappa shape index (κ1) is 29.2. The molecule has 0 aromatic heterocycles. The molecule has 0 bridgehead atoms. The highest BCUT2D eigenvalue weighted by atomic mass is 15.3. The molecule has 3 aliphatic heterocycles. The second-order valence-electron chi connectivity index (χ2n) is 10.8. The van der Waals surface area contributed by atoms with Gasteiger partial charge in [0.25, 0.3) is 0 Å². The van der Waals surface area contributed by atoms with E-state index in [0.717, 1.165) is 39.0 Å². The van der Waals surface area contributed by atoms with E-state index >= 15 is 0 Å². The summed E-state index contributed by atoms with van der Waals surface area (Å²) < 4.78 is 0. The molecule has 0 atom stereocenters. The predicted octanol–water partition coefficient (Wildman–Crippen LogP) is -1.09. The normalized spacial score (nSPS) is 22.8. The van der Waals surface area contributed by atoms with Crippen molar-refractivity contribution in [1.82, 2.24) is 34.7 Å². The number of piperazine rings is 3. The van der Waals surface area contributed by atoms with Gasteiger partial charge >= 0.3 is 0 Å². The van der Waals surface area contributed by atoms with E-state index in [4.69, 9.17) is 11.5 Å². The number of nitrogens with zero attached hydrogens (tertiary/aromatic N) is 6. The van der Waals surface area contributed by atoms with E-state index in [2.05, 4.69) is 34.7 Å². The molecule has 9 nitrogen and oxygen atoms in total. The van der Waals surface area contributed by atoms with E-state index in [1.165, 1.54) is 131 Å². The Hall–Kier alpha value is -0.360. The van der Waals surface area contributed by atoms with Crippen molar-refractivity contribution in [2.45, 2.75) is 25.7 Å². The lowest BCUT2D eigenvalue weighted by Gasteiger charge is -2.36. The van der Waals surface area contributed by atoms with Crippen molar-refractivity contribution in [1.29, 1.82) is 0 Å². The fourth-order valence-electron chi connectivity index (χ4n) is 5.65. The summed E-state index contributed by atoms with van der Waals surface area (Å²) in [5.74, 6) is 0. The summed E-state index contributed by atoms with van der Waals surface area (Å²) in [4.78, 5) is 15.7. The zero-order chi connectivity index (χ0) is 24.6. The molecular formula is C26H57N9. The van der Waals surface area contributed by atoms with Gasteiger partial charge in [-0.3, -0.25) is 4.90 Å². The summed E-state index contributed by atoms with van der Waals surface area (Å²) in [5, 5.41) is 3.68. The topological polar surface area (TPSA) is 83.5 Å². The second kappa shape index (κ2) is 18.0. The lowest BCUT2D eigenvalue weighted by molar-refractivity contribution is 0.110. The molecule has 0 radical (unpaired) electrons. The molecule has 5 N–H and O–H groups in total. The summed E-state index contributed by atoms with van der Waals surface area (Å²) >= 11 is 0. The molecule has 0 saturated carbocycles. The van der Waals surface area contributed by atoms with Crippen molar-refractivity contribution in [2.24, 2.45) is 11.5 Å². The van der Waals surface area contributed by atoms with Crippen LogP contribution >= 0.6 is 0 Å². The minimum absolute atomic E-state index is 0.816. The van der Waals surface area contributed by atoms with Crippen LogP contribution < -0.4 is 16.8 Å². The van der Waals surface area contributed by atoms with Crippen molar-refractivity contribution >= 4 is 0 Å². The van der Waals surface area contributed by atoms with Crippen LogP contribution in [0.5, 0.6) is 0 Å².